The van der Waals surface area contributed by atoms with E-state index in [-0.39, 0.29) is 12.1 Å². The number of aliphatic carboxylic acids is 1. The molecule has 0 aliphatic carbocycles. The summed E-state index contributed by atoms with van der Waals surface area (Å²) in [6.45, 7) is 1.76. The van der Waals surface area contributed by atoms with E-state index >= 15 is 0 Å². The molecule has 0 radical (unpaired) electrons. The minimum Gasteiger partial charge on any atom is -0.481 e. The SMILES string of the molecule is Cc1cc(C(=O)NC(CC(=O)O)c2cccs2)ncn1. The number of carboxylic acids is 1. The highest BCUT2D eigenvalue weighted by Crippen LogP contribution is 2.22. The highest BCUT2D eigenvalue weighted by molar-refractivity contribution is 7.10. The summed E-state index contributed by atoms with van der Waals surface area (Å²) < 4.78 is 0. The van der Waals surface area contributed by atoms with Gasteiger partial charge < -0.3 is 10.4 Å². The zero-order valence-corrected chi connectivity index (χ0v) is 11.6. The first kappa shape index (κ1) is 14.1. The third kappa shape index (κ3) is 3.61. The standard InChI is InChI=1S/C13H13N3O3S/c1-8-5-10(15-7-14-8)13(19)16-9(6-12(17)18)11-3-2-4-20-11/h2-5,7,9H,6H2,1H3,(H,16,19)(H,17,18). The van der Waals surface area contributed by atoms with E-state index in [9.17, 15) is 9.59 Å². The van der Waals surface area contributed by atoms with E-state index in [0.29, 0.717) is 5.69 Å². The van der Waals surface area contributed by atoms with Gasteiger partial charge in [-0.25, -0.2) is 9.97 Å². The van der Waals surface area contributed by atoms with E-state index in [1.54, 1.807) is 19.1 Å². The molecule has 7 heteroatoms. The Balaban J connectivity index is 2.15. The molecule has 0 saturated carbocycles. The van der Waals surface area contributed by atoms with Crippen molar-refractivity contribution >= 4 is 23.2 Å². The molecule has 2 aromatic heterocycles. The fraction of sp³-hybridized carbons (Fsp3) is 0.231. The molecule has 0 fully saturated rings. The Bertz CT molecular complexity index is 613. The van der Waals surface area contributed by atoms with Crippen LogP contribution in [0.4, 0.5) is 0 Å². The number of aromatic nitrogens is 2. The molecule has 0 aliphatic rings. The quantitative estimate of drug-likeness (QED) is 0.876. The maximum absolute atomic E-state index is 12.1. The second-order valence-corrected chi connectivity index (χ2v) is 5.16. The summed E-state index contributed by atoms with van der Waals surface area (Å²) in [7, 11) is 0. The van der Waals surface area contributed by atoms with E-state index in [1.807, 2.05) is 11.4 Å². The van der Waals surface area contributed by atoms with Crippen molar-refractivity contribution in [3.8, 4) is 0 Å². The van der Waals surface area contributed by atoms with Gasteiger partial charge in [-0.3, -0.25) is 9.59 Å². The highest BCUT2D eigenvalue weighted by Gasteiger charge is 2.20. The average Bonchev–Trinajstić information content (AvgIpc) is 2.91. The minimum absolute atomic E-state index is 0.170. The van der Waals surface area contributed by atoms with Crippen LogP contribution in [0.3, 0.4) is 0 Å². The Morgan fingerprint density at radius 3 is 2.85 bits per heavy atom. The summed E-state index contributed by atoms with van der Waals surface area (Å²) in [6.07, 6.45) is 1.14. The van der Waals surface area contributed by atoms with Gasteiger partial charge in [-0.1, -0.05) is 6.07 Å². The first-order valence-electron chi connectivity index (χ1n) is 5.91. The number of thiophene rings is 1. The molecule has 1 unspecified atom stereocenters. The number of nitrogens with one attached hydrogen (secondary N) is 1. The highest BCUT2D eigenvalue weighted by atomic mass is 32.1. The van der Waals surface area contributed by atoms with Gasteiger partial charge in [0.25, 0.3) is 5.91 Å². The molecule has 1 atom stereocenters. The molecular weight excluding hydrogens is 278 g/mol. The zero-order valence-electron chi connectivity index (χ0n) is 10.7. The molecule has 0 aliphatic heterocycles. The Morgan fingerprint density at radius 2 is 2.25 bits per heavy atom. The van der Waals surface area contributed by atoms with Crippen LogP contribution in [0.2, 0.25) is 0 Å². The molecule has 6 nitrogen and oxygen atoms in total. The number of carboxylic acid groups (broad SMARTS) is 1. The number of rotatable bonds is 5. The number of nitrogens with zero attached hydrogens (tertiary/aromatic N) is 2. The van der Waals surface area contributed by atoms with Crippen molar-refractivity contribution in [1.82, 2.24) is 15.3 Å². The van der Waals surface area contributed by atoms with Crippen LogP contribution in [-0.4, -0.2) is 27.0 Å². The first-order valence-corrected chi connectivity index (χ1v) is 6.79. The predicted octanol–water partition coefficient (Wildman–Crippen LogP) is 1.79. The maximum atomic E-state index is 12.1. The fourth-order valence-corrected chi connectivity index (χ4v) is 2.48. The molecule has 0 saturated heterocycles. The average molecular weight is 291 g/mol. The van der Waals surface area contributed by atoms with E-state index in [0.717, 1.165) is 4.88 Å². The van der Waals surface area contributed by atoms with E-state index in [1.165, 1.54) is 17.7 Å². The Kier molecular flexibility index (Phi) is 4.41. The van der Waals surface area contributed by atoms with Crippen molar-refractivity contribution in [3.05, 3.63) is 46.2 Å². The van der Waals surface area contributed by atoms with Gasteiger partial charge in [0.2, 0.25) is 0 Å². The fourth-order valence-electron chi connectivity index (χ4n) is 1.70. The van der Waals surface area contributed by atoms with Crippen LogP contribution in [0, 0.1) is 6.92 Å². The monoisotopic (exact) mass is 291 g/mol. The summed E-state index contributed by atoms with van der Waals surface area (Å²) in [6, 6.07) is 4.61. The summed E-state index contributed by atoms with van der Waals surface area (Å²) in [5.41, 5.74) is 0.903. The molecule has 2 N–H and O–H groups in total. The predicted molar refractivity (Wildman–Crippen MR) is 73.5 cm³/mol. The van der Waals surface area contributed by atoms with E-state index < -0.39 is 17.9 Å². The molecule has 0 spiro atoms. The number of carbonyl (C=O) groups is 2. The number of hydrogen-bond acceptors (Lipinski definition) is 5. The van der Waals surface area contributed by atoms with Gasteiger partial charge in [0, 0.05) is 10.6 Å². The molecule has 2 aromatic rings. The van der Waals surface area contributed by atoms with Gasteiger partial charge in [-0.15, -0.1) is 11.3 Å². The van der Waals surface area contributed by atoms with Gasteiger partial charge in [0.05, 0.1) is 12.5 Å². The van der Waals surface area contributed by atoms with E-state index in [4.69, 9.17) is 5.11 Å². The summed E-state index contributed by atoms with van der Waals surface area (Å²) >= 11 is 1.40. The van der Waals surface area contributed by atoms with Crippen LogP contribution in [-0.2, 0) is 4.79 Å². The molecule has 0 aromatic carbocycles. The Labute approximate surface area is 119 Å². The molecule has 1 amide bonds. The lowest BCUT2D eigenvalue weighted by Gasteiger charge is -2.15. The van der Waals surface area contributed by atoms with Crippen LogP contribution < -0.4 is 5.32 Å². The summed E-state index contributed by atoms with van der Waals surface area (Å²) in [5.74, 6) is -1.38. The number of aryl methyl sites for hydroxylation is 1. The van der Waals surface area contributed by atoms with Crippen molar-refractivity contribution in [1.29, 1.82) is 0 Å². The van der Waals surface area contributed by atoms with Crippen LogP contribution in [0.1, 0.15) is 33.5 Å². The van der Waals surface area contributed by atoms with Gasteiger partial charge in [0.15, 0.2) is 0 Å². The molecule has 20 heavy (non-hydrogen) atoms. The first-order chi connectivity index (χ1) is 9.56. The van der Waals surface area contributed by atoms with Crippen molar-refractivity contribution in [2.75, 3.05) is 0 Å². The van der Waals surface area contributed by atoms with Gasteiger partial charge in [-0.05, 0) is 24.4 Å². The maximum Gasteiger partial charge on any atom is 0.305 e. The van der Waals surface area contributed by atoms with Crippen molar-refractivity contribution in [2.24, 2.45) is 0 Å². The topological polar surface area (TPSA) is 92.2 Å². The third-order valence-electron chi connectivity index (χ3n) is 2.61. The second-order valence-electron chi connectivity index (χ2n) is 4.18. The van der Waals surface area contributed by atoms with Gasteiger partial charge in [-0.2, -0.15) is 0 Å². The molecule has 2 heterocycles. The van der Waals surface area contributed by atoms with Crippen molar-refractivity contribution < 1.29 is 14.7 Å². The smallest absolute Gasteiger partial charge is 0.305 e. The number of amides is 1. The van der Waals surface area contributed by atoms with Crippen LogP contribution >= 0.6 is 11.3 Å². The summed E-state index contributed by atoms with van der Waals surface area (Å²) in [4.78, 5) is 31.6. The largest absolute Gasteiger partial charge is 0.481 e. The lowest BCUT2D eigenvalue weighted by Crippen LogP contribution is -2.30. The molecule has 0 bridgehead atoms. The second kappa shape index (κ2) is 6.25. The van der Waals surface area contributed by atoms with Gasteiger partial charge >= 0.3 is 5.97 Å². The Hall–Kier alpha value is -2.28. The lowest BCUT2D eigenvalue weighted by molar-refractivity contribution is -0.137. The Morgan fingerprint density at radius 1 is 1.45 bits per heavy atom. The lowest BCUT2D eigenvalue weighted by atomic mass is 10.1. The van der Waals surface area contributed by atoms with Crippen LogP contribution in [0.15, 0.2) is 29.9 Å². The van der Waals surface area contributed by atoms with Crippen LogP contribution in [0.25, 0.3) is 0 Å². The summed E-state index contributed by atoms with van der Waals surface area (Å²) in [5, 5.41) is 13.5. The number of hydrogen-bond donors (Lipinski definition) is 2. The van der Waals surface area contributed by atoms with E-state index in [2.05, 4.69) is 15.3 Å². The third-order valence-corrected chi connectivity index (χ3v) is 3.59. The van der Waals surface area contributed by atoms with Gasteiger partial charge in [0.1, 0.15) is 12.0 Å². The van der Waals surface area contributed by atoms with Crippen molar-refractivity contribution in [3.63, 3.8) is 0 Å². The minimum atomic E-state index is -0.970. The molecular formula is C13H13N3O3S. The molecule has 104 valence electrons. The normalized spacial score (nSPS) is 11.8. The number of carbonyl (C=O) groups excluding carboxylic acids is 1. The van der Waals surface area contributed by atoms with Crippen LogP contribution in [0.5, 0.6) is 0 Å². The van der Waals surface area contributed by atoms with Crippen molar-refractivity contribution in [2.45, 2.75) is 19.4 Å². The zero-order chi connectivity index (χ0) is 14.5. The molecule has 2 rings (SSSR count).